The van der Waals surface area contributed by atoms with E-state index in [4.69, 9.17) is 4.74 Å². The second-order valence-corrected chi connectivity index (χ2v) is 7.65. The van der Waals surface area contributed by atoms with Gasteiger partial charge < -0.3 is 10.1 Å². The number of hydrogen-bond donors (Lipinski definition) is 2. The average Bonchev–Trinajstić information content (AvgIpc) is 2.53. The average molecular weight is 362 g/mol. The fourth-order valence-electron chi connectivity index (χ4n) is 2.29. The van der Waals surface area contributed by atoms with Gasteiger partial charge in [0.1, 0.15) is 5.75 Å². The van der Waals surface area contributed by atoms with E-state index < -0.39 is 10.0 Å². The molecule has 0 spiro atoms. The summed E-state index contributed by atoms with van der Waals surface area (Å²) in [6, 6.07) is 11.1. The molecule has 2 aromatic carbocycles. The van der Waals surface area contributed by atoms with Crippen molar-refractivity contribution < 1.29 is 17.9 Å². The molecule has 0 aliphatic carbocycles. The maximum Gasteiger partial charge on any atom is 0.261 e. The van der Waals surface area contributed by atoms with E-state index in [1.807, 2.05) is 26.8 Å². The summed E-state index contributed by atoms with van der Waals surface area (Å²) in [5.74, 6) is -0.0767. The predicted octanol–water partition coefficient (Wildman–Crippen LogP) is 2.94. The summed E-state index contributed by atoms with van der Waals surface area (Å²) in [5.41, 5.74) is 1.57. The molecule has 6 nitrogen and oxygen atoms in total. The van der Waals surface area contributed by atoms with E-state index in [1.54, 1.807) is 18.2 Å². The van der Waals surface area contributed by atoms with Crippen molar-refractivity contribution in [1.82, 2.24) is 5.32 Å². The molecule has 0 bridgehead atoms. The molecule has 0 saturated heterocycles. The van der Waals surface area contributed by atoms with E-state index in [1.165, 1.54) is 25.3 Å². The van der Waals surface area contributed by atoms with Crippen molar-refractivity contribution in [3.8, 4) is 5.75 Å². The van der Waals surface area contributed by atoms with Crippen LogP contribution in [-0.2, 0) is 10.0 Å². The van der Waals surface area contributed by atoms with E-state index in [9.17, 15) is 13.2 Å². The topological polar surface area (TPSA) is 84.5 Å². The Morgan fingerprint density at radius 1 is 1.12 bits per heavy atom. The van der Waals surface area contributed by atoms with Crippen LogP contribution >= 0.6 is 0 Å². The zero-order valence-electron chi connectivity index (χ0n) is 14.7. The van der Waals surface area contributed by atoms with Crippen LogP contribution in [0.5, 0.6) is 5.75 Å². The van der Waals surface area contributed by atoms with Crippen LogP contribution in [-0.4, -0.2) is 27.5 Å². The molecule has 0 radical (unpaired) electrons. The highest BCUT2D eigenvalue weighted by molar-refractivity contribution is 7.92. The molecule has 25 heavy (non-hydrogen) atoms. The first kappa shape index (κ1) is 18.8. The molecule has 0 heterocycles. The van der Waals surface area contributed by atoms with E-state index >= 15 is 0 Å². The van der Waals surface area contributed by atoms with Crippen LogP contribution in [0.25, 0.3) is 0 Å². The van der Waals surface area contributed by atoms with Gasteiger partial charge in [-0.2, -0.15) is 0 Å². The van der Waals surface area contributed by atoms with Crippen molar-refractivity contribution in [2.24, 2.45) is 0 Å². The van der Waals surface area contributed by atoms with Crippen molar-refractivity contribution in [2.75, 3.05) is 11.8 Å². The van der Waals surface area contributed by atoms with Crippen molar-refractivity contribution in [3.63, 3.8) is 0 Å². The number of aryl methyl sites for hydroxylation is 1. The lowest BCUT2D eigenvalue weighted by Crippen LogP contribution is -2.30. The molecule has 134 valence electrons. The van der Waals surface area contributed by atoms with Gasteiger partial charge >= 0.3 is 0 Å². The molecule has 0 aromatic heterocycles. The number of sulfonamides is 1. The minimum atomic E-state index is -3.83. The summed E-state index contributed by atoms with van der Waals surface area (Å²) in [5, 5.41) is 2.74. The number of anilines is 1. The SMILES string of the molecule is COc1ccc(S(=O)(=O)Nc2cccc(C)c2)cc1C(=O)NC(C)C. The zero-order valence-corrected chi connectivity index (χ0v) is 15.5. The second kappa shape index (κ2) is 7.57. The third-order valence-electron chi connectivity index (χ3n) is 3.42. The standard InChI is InChI=1S/C18H22N2O4S/c1-12(2)19-18(21)16-11-15(8-9-17(16)24-4)25(22,23)20-14-7-5-6-13(3)10-14/h5-12,20H,1-4H3,(H,19,21). The molecule has 2 aromatic rings. The summed E-state index contributed by atoms with van der Waals surface area (Å²) in [6.45, 7) is 5.52. The van der Waals surface area contributed by atoms with Gasteiger partial charge in [0.05, 0.1) is 17.6 Å². The van der Waals surface area contributed by atoms with Crippen LogP contribution in [0.15, 0.2) is 47.4 Å². The maximum atomic E-state index is 12.6. The number of ether oxygens (including phenoxy) is 1. The van der Waals surface area contributed by atoms with Crippen LogP contribution in [0.4, 0.5) is 5.69 Å². The number of nitrogens with one attached hydrogen (secondary N) is 2. The minimum absolute atomic E-state index is 0.0105. The highest BCUT2D eigenvalue weighted by atomic mass is 32.2. The molecular weight excluding hydrogens is 340 g/mol. The third kappa shape index (κ3) is 4.73. The van der Waals surface area contributed by atoms with Gasteiger partial charge in [-0.3, -0.25) is 9.52 Å². The summed E-state index contributed by atoms with van der Waals surface area (Å²) in [4.78, 5) is 12.3. The van der Waals surface area contributed by atoms with E-state index in [2.05, 4.69) is 10.0 Å². The zero-order chi connectivity index (χ0) is 18.6. The van der Waals surface area contributed by atoms with Gasteiger partial charge in [0.15, 0.2) is 0 Å². The van der Waals surface area contributed by atoms with Gasteiger partial charge in [-0.05, 0) is 56.7 Å². The first-order valence-corrected chi connectivity index (χ1v) is 9.29. The smallest absolute Gasteiger partial charge is 0.261 e. The number of amides is 1. The molecule has 2 N–H and O–H groups in total. The number of hydrogen-bond acceptors (Lipinski definition) is 4. The Kier molecular flexibility index (Phi) is 5.69. The fourth-order valence-corrected chi connectivity index (χ4v) is 3.37. The number of benzene rings is 2. The van der Waals surface area contributed by atoms with Crippen LogP contribution in [0.2, 0.25) is 0 Å². The van der Waals surface area contributed by atoms with Crippen LogP contribution in [0.1, 0.15) is 29.8 Å². The Morgan fingerprint density at radius 2 is 1.84 bits per heavy atom. The number of carbonyl (C=O) groups excluding carboxylic acids is 1. The molecule has 7 heteroatoms. The summed E-state index contributed by atoms with van der Waals surface area (Å²) >= 11 is 0. The van der Waals surface area contributed by atoms with Gasteiger partial charge in [-0.15, -0.1) is 0 Å². The summed E-state index contributed by atoms with van der Waals surface area (Å²) in [7, 11) is -2.39. The highest BCUT2D eigenvalue weighted by Gasteiger charge is 2.20. The van der Waals surface area contributed by atoms with Gasteiger partial charge in [-0.25, -0.2) is 8.42 Å². The first-order chi connectivity index (χ1) is 11.7. The van der Waals surface area contributed by atoms with E-state index in [0.717, 1.165) is 5.56 Å². The van der Waals surface area contributed by atoms with Crippen molar-refractivity contribution >= 4 is 21.6 Å². The van der Waals surface area contributed by atoms with E-state index in [-0.39, 0.29) is 22.4 Å². The van der Waals surface area contributed by atoms with Gasteiger partial charge in [0.25, 0.3) is 15.9 Å². The Morgan fingerprint density at radius 3 is 2.44 bits per heavy atom. The third-order valence-corrected chi connectivity index (χ3v) is 4.79. The van der Waals surface area contributed by atoms with Gasteiger partial charge in [0.2, 0.25) is 0 Å². The molecule has 0 saturated carbocycles. The fraction of sp³-hybridized carbons (Fsp3) is 0.278. The molecule has 0 fully saturated rings. The van der Waals surface area contributed by atoms with Gasteiger partial charge in [0, 0.05) is 11.7 Å². The minimum Gasteiger partial charge on any atom is -0.496 e. The van der Waals surface area contributed by atoms with Crippen molar-refractivity contribution in [3.05, 3.63) is 53.6 Å². The molecular formula is C18H22N2O4S. The lowest BCUT2D eigenvalue weighted by Gasteiger charge is -2.14. The monoisotopic (exact) mass is 362 g/mol. The highest BCUT2D eigenvalue weighted by Crippen LogP contribution is 2.24. The molecule has 1 amide bonds. The van der Waals surface area contributed by atoms with Gasteiger partial charge in [-0.1, -0.05) is 12.1 Å². The Bertz CT molecular complexity index is 876. The quantitative estimate of drug-likeness (QED) is 0.827. The Balaban J connectivity index is 2.39. The first-order valence-electron chi connectivity index (χ1n) is 7.81. The lowest BCUT2D eigenvalue weighted by molar-refractivity contribution is 0.0940. The predicted molar refractivity (Wildman–Crippen MR) is 97.6 cm³/mol. The Labute approximate surface area is 148 Å². The van der Waals surface area contributed by atoms with Crippen LogP contribution < -0.4 is 14.8 Å². The molecule has 2 rings (SSSR count). The largest absolute Gasteiger partial charge is 0.496 e. The van der Waals surface area contributed by atoms with Crippen molar-refractivity contribution in [2.45, 2.75) is 31.7 Å². The normalized spacial score (nSPS) is 11.2. The molecule has 0 aliphatic rings. The summed E-state index contributed by atoms with van der Waals surface area (Å²) in [6.07, 6.45) is 0. The maximum absolute atomic E-state index is 12.6. The number of methoxy groups -OCH3 is 1. The van der Waals surface area contributed by atoms with Crippen molar-refractivity contribution in [1.29, 1.82) is 0 Å². The number of rotatable bonds is 6. The lowest BCUT2D eigenvalue weighted by atomic mass is 10.2. The van der Waals surface area contributed by atoms with Crippen LogP contribution in [0, 0.1) is 6.92 Å². The number of carbonyl (C=O) groups is 1. The second-order valence-electron chi connectivity index (χ2n) is 5.97. The molecule has 0 unspecified atom stereocenters. The summed E-state index contributed by atoms with van der Waals surface area (Å²) < 4.78 is 32.9. The Hall–Kier alpha value is -2.54. The van der Waals surface area contributed by atoms with Crippen LogP contribution in [0.3, 0.4) is 0 Å². The van der Waals surface area contributed by atoms with E-state index in [0.29, 0.717) is 11.4 Å². The molecule has 0 atom stereocenters. The molecule has 0 aliphatic heterocycles.